The van der Waals surface area contributed by atoms with E-state index in [1.165, 1.54) is 12.1 Å². The molecule has 3 rings (SSSR count). The third-order valence-electron chi connectivity index (χ3n) is 5.05. The summed E-state index contributed by atoms with van der Waals surface area (Å²) in [6, 6.07) is 6.43. The summed E-state index contributed by atoms with van der Waals surface area (Å²) in [5, 5.41) is 10.6. The third kappa shape index (κ3) is 4.11. The van der Waals surface area contributed by atoms with Crippen LogP contribution in [0.1, 0.15) is 23.1 Å². The molecular weight excluding hydrogens is 333 g/mol. The standard InChI is InChI=1S/C19H26FN5O/c1-24(2)18(13-4-6-15(20)7-5-13)11-22-19(26)17-10-21-9-16(17)14-8-23-25(3)12-14/h4-8,12,16-18,21H,9-11H2,1-3H3,(H,22,26)/t16-,17+,18?/m1/s1. The number of amides is 1. The highest BCUT2D eigenvalue weighted by Gasteiger charge is 2.34. The summed E-state index contributed by atoms with van der Waals surface area (Å²) in [4.78, 5) is 14.8. The Hall–Kier alpha value is -2.25. The number of halogens is 1. The first kappa shape index (κ1) is 18.5. The number of carbonyl (C=O) groups is 1. The summed E-state index contributed by atoms with van der Waals surface area (Å²) in [6.07, 6.45) is 3.80. The van der Waals surface area contributed by atoms with Crippen LogP contribution in [0.5, 0.6) is 0 Å². The highest BCUT2D eigenvalue weighted by atomic mass is 19.1. The first-order valence-corrected chi connectivity index (χ1v) is 8.84. The molecule has 1 aromatic heterocycles. The van der Waals surface area contributed by atoms with Gasteiger partial charge >= 0.3 is 0 Å². The summed E-state index contributed by atoms with van der Waals surface area (Å²) in [5.74, 6) is -0.202. The minimum Gasteiger partial charge on any atom is -0.354 e. The van der Waals surface area contributed by atoms with E-state index in [9.17, 15) is 9.18 Å². The molecule has 0 saturated carbocycles. The zero-order chi connectivity index (χ0) is 18.7. The summed E-state index contributed by atoms with van der Waals surface area (Å²) in [5.41, 5.74) is 2.06. The number of nitrogens with zero attached hydrogens (tertiary/aromatic N) is 3. The van der Waals surface area contributed by atoms with Crippen molar-refractivity contribution >= 4 is 5.91 Å². The Kier molecular flexibility index (Phi) is 5.68. The molecule has 1 amide bonds. The molecule has 6 nitrogen and oxygen atoms in total. The van der Waals surface area contributed by atoms with Crippen molar-refractivity contribution in [2.24, 2.45) is 13.0 Å². The van der Waals surface area contributed by atoms with Crippen molar-refractivity contribution < 1.29 is 9.18 Å². The van der Waals surface area contributed by atoms with Gasteiger partial charge in [-0.3, -0.25) is 9.48 Å². The average Bonchev–Trinajstić information content (AvgIpc) is 3.24. The largest absolute Gasteiger partial charge is 0.354 e. The molecule has 1 aromatic carbocycles. The van der Waals surface area contributed by atoms with E-state index in [4.69, 9.17) is 0 Å². The number of likely N-dealkylation sites (N-methyl/N-ethyl adjacent to an activating group) is 1. The lowest BCUT2D eigenvalue weighted by Crippen LogP contribution is -2.39. The number of aryl methyl sites for hydroxylation is 1. The Labute approximate surface area is 153 Å². The molecule has 1 aliphatic heterocycles. The molecule has 1 aliphatic rings. The molecule has 0 bridgehead atoms. The number of benzene rings is 1. The van der Waals surface area contributed by atoms with Crippen LogP contribution < -0.4 is 10.6 Å². The van der Waals surface area contributed by atoms with Crippen LogP contribution in [-0.2, 0) is 11.8 Å². The van der Waals surface area contributed by atoms with Gasteiger partial charge in [0, 0.05) is 38.8 Å². The average molecular weight is 359 g/mol. The molecule has 2 aromatic rings. The van der Waals surface area contributed by atoms with E-state index in [0.29, 0.717) is 13.1 Å². The topological polar surface area (TPSA) is 62.2 Å². The van der Waals surface area contributed by atoms with Crippen LogP contribution in [-0.4, -0.2) is 54.3 Å². The molecule has 1 unspecified atom stereocenters. The predicted molar refractivity (Wildman–Crippen MR) is 98.1 cm³/mol. The molecule has 0 radical (unpaired) electrons. The number of carbonyl (C=O) groups excluding carboxylic acids is 1. The van der Waals surface area contributed by atoms with Gasteiger partial charge in [0.25, 0.3) is 0 Å². The second kappa shape index (κ2) is 7.97. The fourth-order valence-corrected chi connectivity index (χ4v) is 3.55. The maximum Gasteiger partial charge on any atom is 0.225 e. The Morgan fingerprint density at radius 1 is 1.38 bits per heavy atom. The Bertz CT molecular complexity index is 743. The lowest BCUT2D eigenvalue weighted by molar-refractivity contribution is -0.125. The van der Waals surface area contributed by atoms with Gasteiger partial charge in [-0.1, -0.05) is 12.1 Å². The predicted octanol–water partition coefficient (Wildman–Crippen LogP) is 1.28. The molecular formula is C19H26FN5O. The number of rotatable bonds is 6. The lowest BCUT2D eigenvalue weighted by Gasteiger charge is -2.26. The van der Waals surface area contributed by atoms with Gasteiger partial charge in [-0.05, 0) is 37.4 Å². The van der Waals surface area contributed by atoms with Crippen molar-refractivity contribution in [3.63, 3.8) is 0 Å². The number of hydrogen-bond acceptors (Lipinski definition) is 4. The highest BCUT2D eigenvalue weighted by Crippen LogP contribution is 2.28. The summed E-state index contributed by atoms with van der Waals surface area (Å²) < 4.78 is 14.9. The van der Waals surface area contributed by atoms with Gasteiger partial charge in [0.05, 0.1) is 18.2 Å². The van der Waals surface area contributed by atoms with Crippen molar-refractivity contribution in [1.82, 2.24) is 25.3 Å². The normalized spacial score (nSPS) is 21.1. The minimum absolute atomic E-state index is 0.00856. The van der Waals surface area contributed by atoms with Gasteiger partial charge in [0.2, 0.25) is 5.91 Å². The fraction of sp³-hybridized carbons (Fsp3) is 0.474. The van der Waals surface area contributed by atoms with Crippen LogP contribution >= 0.6 is 0 Å². The van der Waals surface area contributed by atoms with Gasteiger partial charge in [-0.2, -0.15) is 5.10 Å². The second-order valence-electron chi connectivity index (χ2n) is 7.09. The second-order valence-corrected chi connectivity index (χ2v) is 7.09. The third-order valence-corrected chi connectivity index (χ3v) is 5.05. The molecule has 0 aliphatic carbocycles. The van der Waals surface area contributed by atoms with Crippen LogP contribution in [0.25, 0.3) is 0 Å². The number of aromatic nitrogens is 2. The van der Waals surface area contributed by atoms with Crippen molar-refractivity contribution in [2.45, 2.75) is 12.0 Å². The van der Waals surface area contributed by atoms with E-state index < -0.39 is 0 Å². The summed E-state index contributed by atoms with van der Waals surface area (Å²) >= 11 is 0. The van der Waals surface area contributed by atoms with E-state index in [0.717, 1.165) is 17.7 Å². The van der Waals surface area contributed by atoms with Crippen molar-refractivity contribution in [2.75, 3.05) is 33.7 Å². The molecule has 1 fully saturated rings. The maximum absolute atomic E-state index is 13.2. The van der Waals surface area contributed by atoms with E-state index >= 15 is 0 Å². The lowest BCUT2D eigenvalue weighted by atomic mass is 9.90. The van der Waals surface area contributed by atoms with Crippen LogP contribution in [0.3, 0.4) is 0 Å². The van der Waals surface area contributed by atoms with E-state index in [-0.39, 0.29) is 29.6 Å². The maximum atomic E-state index is 13.2. The quantitative estimate of drug-likeness (QED) is 0.816. The van der Waals surface area contributed by atoms with Gasteiger partial charge < -0.3 is 15.5 Å². The van der Waals surface area contributed by atoms with E-state index in [1.807, 2.05) is 38.4 Å². The minimum atomic E-state index is -0.258. The van der Waals surface area contributed by atoms with Crippen molar-refractivity contribution in [3.8, 4) is 0 Å². The van der Waals surface area contributed by atoms with E-state index in [1.54, 1.807) is 16.8 Å². The Morgan fingerprint density at radius 3 is 2.73 bits per heavy atom. The van der Waals surface area contributed by atoms with Gasteiger partial charge in [-0.25, -0.2) is 4.39 Å². The Balaban J connectivity index is 1.65. The van der Waals surface area contributed by atoms with Gasteiger partial charge in [-0.15, -0.1) is 0 Å². The van der Waals surface area contributed by atoms with Crippen LogP contribution in [0.4, 0.5) is 4.39 Å². The molecule has 3 atom stereocenters. The van der Waals surface area contributed by atoms with Gasteiger partial charge in [0.1, 0.15) is 5.82 Å². The zero-order valence-electron chi connectivity index (χ0n) is 15.4. The van der Waals surface area contributed by atoms with E-state index in [2.05, 4.69) is 15.7 Å². The number of nitrogens with one attached hydrogen (secondary N) is 2. The molecule has 0 spiro atoms. The molecule has 2 N–H and O–H groups in total. The molecule has 2 heterocycles. The van der Waals surface area contributed by atoms with Gasteiger partial charge in [0.15, 0.2) is 0 Å². The molecule has 26 heavy (non-hydrogen) atoms. The summed E-state index contributed by atoms with van der Waals surface area (Å²) in [7, 11) is 5.79. The van der Waals surface area contributed by atoms with Crippen molar-refractivity contribution in [3.05, 3.63) is 53.6 Å². The van der Waals surface area contributed by atoms with Crippen LogP contribution in [0.15, 0.2) is 36.7 Å². The van der Waals surface area contributed by atoms with Crippen LogP contribution in [0, 0.1) is 11.7 Å². The SMILES string of the molecule is CN(C)C(CNC(=O)[C@H]1CNC[C@@H]1c1cnn(C)c1)c1ccc(F)cc1. The molecule has 140 valence electrons. The zero-order valence-corrected chi connectivity index (χ0v) is 15.4. The first-order valence-electron chi connectivity index (χ1n) is 8.84. The summed E-state index contributed by atoms with van der Waals surface area (Å²) in [6.45, 7) is 1.92. The molecule has 7 heteroatoms. The smallest absolute Gasteiger partial charge is 0.225 e. The Morgan fingerprint density at radius 2 is 2.12 bits per heavy atom. The monoisotopic (exact) mass is 359 g/mol. The first-order chi connectivity index (χ1) is 12.5. The van der Waals surface area contributed by atoms with Crippen molar-refractivity contribution in [1.29, 1.82) is 0 Å². The van der Waals surface area contributed by atoms with Crippen LogP contribution in [0.2, 0.25) is 0 Å². The number of hydrogen-bond donors (Lipinski definition) is 2. The highest BCUT2D eigenvalue weighted by molar-refractivity contribution is 5.80. The fourth-order valence-electron chi connectivity index (χ4n) is 3.55. The molecule has 1 saturated heterocycles.